The summed E-state index contributed by atoms with van der Waals surface area (Å²) < 4.78 is 0. The average molecular weight is 488 g/mol. The van der Waals surface area contributed by atoms with Gasteiger partial charge in [0.1, 0.15) is 10.8 Å². The van der Waals surface area contributed by atoms with Crippen molar-refractivity contribution in [2.24, 2.45) is 10.6 Å². The van der Waals surface area contributed by atoms with Gasteiger partial charge in [0.05, 0.1) is 21.9 Å². The first kappa shape index (κ1) is 25.6. The molecule has 2 fully saturated rings. The van der Waals surface area contributed by atoms with Crippen LogP contribution in [-0.2, 0) is 0 Å². The number of hydrogen-bond acceptors (Lipinski definition) is 6. The van der Waals surface area contributed by atoms with Crippen LogP contribution < -0.4 is 10.0 Å². The molecule has 166 valence electrons. The molecule has 4 nitrogen and oxygen atoms in total. The van der Waals surface area contributed by atoms with Crippen LogP contribution in [0.1, 0.15) is 58.1 Å². The first-order chi connectivity index (χ1) is 14.6. The Labute approximate surface area is 200 Å². The predicted octanol–water partition coefficient (Wildman–Crippen LogP) is 7.22. The highest BCUT2D eigenvalue weighted by atomic mass is 35.5. The van der Waals surface area contributed by atoms with Gasteiger partial charge in [0.25, 0.3) is 0 Å². The van der Waals surface area contributed by atoms with Crippen LogP contribution >= 0.6 is 47.8 Å². The molecule has 0 radical (unpaired) electrons. The second kappa shape index (κ2) is 12.4. The number of halogens is 2. The van der Waals surface area contributed by atoms with Crippen molar-refractivity contribution < 1.29 is 0 Å². The fraction of sp³-hybridized carbons (Fsp3) is 0.545. The summed E-state index contributed by atoms with van der Waals surface area (Å²) >= 11 is 17.0. The summed E-state index contributed by atoms with van der Waals surface area (Å²) in [5.74, 6) is 0.997. The van der Waals surface area contributed by atoms with Gasteiger partial charge in [-0.1, -0.05) is 67.7 Å². The van der Waals surface area contributed by atoms with Gasteiger partial charge in [-0.05, 0) is 50.2 Å². The van der Waals surface area contributed by atoms with E-state index >= 15 is 0 Å². The van der Waals surface area contributed by atoms with Crippen molar-refractivity contribution in [1.29, 1.82) is 0 Å². The van der Waals surface area contributed by atoms with Gasteiger partial charge in [0, 0.05) is 18.0 Å². The van der Waals surface area contributed by atoms with Crippen molar-refractivity contribution in [3.05, 3.63) is 40.1 Å². The number of aromatic nitrogens is 2. The van der Waals surface area contributed by atoms with E-state index in [9.17, 15) is 0 Å². The van der Waals surface area contributed by atoms with Crippen molar-refractivity contribution in [3.63, 3.8) is 0 Å². The van der Waals surface area contributed by atoms with Gasteiger partial charge < -0.3 is 4.90 Å². The normalized spacial score (nSPS) is 17.1. The van der Waals surface area contributed by atoms with E-state index in [1.165, 1.54) is 50.3 Å². The summed E-state index contributed by atoms with van der Waals surface area (Å²) in [6, 6.07) is 5.66. The Hall–Kier alpha value is -0.660. The van der Waals surface area contributed by atoms with E-state index in [-0.39, 0.29) is 0 Å². The molecule has 1 saturated carbocycles. The molecule has 4 rings (SSSR count). The van der Waals surface area contributed by atoms with Crippen LogP contribution in [0.15, 0.2) is 34.3 Å². The molecule has 2 heterocycles. The fourth-order valence-corrected chi connectivity index (χ4v) is 5.54. The van der Waals surface area contributed by atoms with Crippen molar-refractivity contribution in [2.75, 3.05) is 18.0 Å². The summed E-state index contributed by atoms with van der Waals surface area (Å²) in [5, 5.41) is 6.21. The van der Waals surface area contributed by atoms with Crippen molar-refractivity contribution in [2.45, 2.75) is 69.2 Å². The highest BCUT2D eigenvalue weighted by Gasteiger charge is 2.37. The van der Waals surface area contributed by atoms with Gasteiger partial charge in [-0.15, -0.1) is 12.8 Å². The Bertz CT molecular complexity index is 804. The number of anilines is 1. The van der Waals surface area contributed by atoms with Crippen LogP contribution in [0.5, 0.6) is 0 Å². The van der Waals surface area contributed by atoms with Crippen molar-refractivity contribution in [3.8, 4) is 0 Å². The molecule has 0 atom stereocenters. The van der Waals surface area contributed by atoms with E-state index in [0.717, 1.165) is 34.5 Å². The average Bonchev–Trinajstić information content (AvgIpc) is 3.24. The third-order valence-corrected chi connectivity index (χ3v) is 7.91. The summed E-state index contributed by atoms with van der Waals surface area (Å²) in [5.41, 5.74) is 1.56. The van der Waals surface area contributed by atoms with Crippen LogP contribution in [0.25, 0.3) is 0 Å². The summed E-state index contributed by atoms with van der Waals surface area (Å²) in [6.45, 7) is 8.21. The first-order valence-corrected chi connectivity index (χ1v) is 12.6. The highest BCUT2D eigenvalue weighted by molar-refractivity contribution is 7.99. The van der Waals surface area contributed by atoms with Gasteiger partial charge in [-0.25, -0.2) is 9.97 Å². The third-order valence-electron chi connectivity index (χ3n) is 5.82. The molecule has 8 heteroatoms. The van der Waals surface area contributed by atoms with Gasteiger partial charge in [0.15, 0.2) is 0 Å². The minimum atomic E-state index is 0.563. The van der Waals surface area contributed by atoms with E-state index in [1.54, 1.807) is 6.07 Å². The van der Waals surface area contributed by atoms with Gasteiger partial charge in [-0.2, -0.15) is 0 Å². The lowest BCUT2D eigenvalue weighted by atomic mass is 9.77. The summed E-state index contributed by atoms with van der Waals surface area (Å²) in [7, 11) is 0. The molecule has 2 N–H and O–H groups in total. The minimum Gasteiger partial charge on any atom is -0.355 e. The molecule has 2 aromatic rings. The van der Waals surface area contributed by atoms with Crippen LogP contribution in [-0.4, -0.2) is 23.1 Å². The maximum Gasteiger partial charge on any atom is 0.147 e. The van der Waals surface area contributed by atoms with Crippen LogP contribution in [0.2, 0.25) is 10.0 Å². The minimum absolute atomic E-state index is 0.563. The topological polar surface area (TPSA) is 55.0 Å². The standard InChI is InChI=1S/C20H23Cl2N3S.C2H6.H3NS/c1-14-19(26-16-6-4-5-15(21)18(16)22)23-13-17(24-14)25-11-9-20(10-12-25)7-2-3-8-20;2*1-2/h4-6,13H,2-3,7-12H2,1H3;1-2H3;2H,1H2. The maximum atomic E-state index is 6.30. The zero-order valence-electron chi connectivity index (χ0n) is 18.0. The summed E-state index contributed by atoms with van der Waals surface area (Å²) in [4.78, 5) is 12.8. The number of thiol groups is 1. The Morgan fingerprint density at radius 2 is 1.70 bits per heavy atom. The molecule has 1 spiro atoms. The summed E-state index contributed by atoms with van der Waals surface area (Å²) in [6.07, 6.45) is 10.2. The zero-order chi connectivity index (χ0) is 22.1. The second-order valence-electron chi connectivity index (χ2n) is 7.47. The first-order valence-electron chi connectivity index (χ1n) is 10.5. The monoisotopic (exact) mass is 486 g/mol. The number of piperidine rings is 1. The lowest BCUT2D eigenvalue weighted by Crippen LogP contribution is -2.39. The Kier molecular flexibility index (Phi) is 10.6. The Morgan fingerprint density at radius 1 is 1.07 bits per heavy atom. The van der Waals surface area contributed by atoms with Crippen molar-refractivity contribution in [1.82, 2.24) is 9.97 Å². The van der Waals surface area contributed by atoms with Crippen molar-refractivity contribution >= 4 is 53.6 Å². The molecule has 1 aromatic heterocycles. The van der Waals surface area contributed by atoms with E-state index < -0.39 is 0 Å². The number of rotatable bonds is 3. The van der Waals surface area contributed by atoms with Gasteiger partial charge in [0.2, 0.25) is 0 Å². The number of aryl methyl sites for hydroxylation is 1. The quantitative estimate of drug-likeness (QED) is 0.448. The molecule has 1 aromatic carbocycles. The molecule has 0 amide bonds. The van der Waals surface area contributed by atoms with E-state index in [0.29, 0.717) is 15.5 Å². The number of hydrogen-bond donors (Lipinski definition) is 2. The fourth-order valence-electron chi connectivity index (χ4n) is 4.21. The highest BCUT2D eigenvalue weighted by Crippen LogP contribution is 2.46. The van der Waals surface area contributed by atoms with Crippen LogP contribution in [0, 0.1) is 12.3 Å². The van der Waals surface area contributed by atoms with Gasteiger partial charge in [-0.3, -0.25) is 5.14 Å². The molecule has 2 aliphatic rings. The maximum absolute atomic E-state index is 6.30. The van der Waals surface area contributed by atoms with E-state index in [4.69, 9.17) is 28.2 Å². The number of benzene rings is 1. The van der Waals surface area contributed by atoms with E-state index in [1.807, 2.05) is 39.1 Å². The Morgan fingerprint density at radius 3 is 2.30 bits per heavy atom. The lowest BCUT2D eigenvalue weighted by molar-refractivity contribution is 0.226. The van der Waals surface area contributed by atoms with Gasteiger partial charge >= 0.3 is 0 Å². The molecule has 1 aliphatic heterocycles. The SMILES string of the molecule is CC.Cc1nc(N2CCC3(CCCC3)CC2)cnc1Sc1cccc(Cl)c1Cl.NS. The Balaban J connectivity index is 0.000000757. The molecular formula is C22H32Cl2N4S2. The third kappa shape index (κ3) is 6.19. The molecule has 1 aliphatic carbocycles. The van der Waals surface area contributed by atoms with Crippen LogP contribution in [0.3, 0.4) is 0 Å². The number of nitrogens with two attached hydrogens (primary N) is 1. The molecule has 1 saturated heterocycles. The molecule has 0 unspecified atom stereocenters. The van der Waals surface area contributed by atoms with Crippen LogP contribution in [0.4, 0.5) is 5.82 Å². The molecule has 30 heavy (non-hydrogen) atoms. The second-order valence-corrected chi connectivity index (χ2v) is 9.28. The largest absolute Gasteiger partial charge is 0.355 e. The smallest absolute Gasteiger partial charge is 0.147 e. The number of nitrogens with zero attached hydrogens (tertiary/aromatic N) is 3. The molecular weight excluding hydrogens is 455 g/mol. The molecule has 0 bridgehead atoms. The van der Waals surface area contributed by atoms with E-state index in [2.05, 4.69) is 27.8 Å². The lowest BCUT2D eigenvalue weighted by Gasteiger charge is -2.39. The predicted molar refractivity (Wildman–Crippen MR) is 134 cm³/mol. The zero-order valence-corrected chi connectivity index (χ0v) is 21.2.